The van der Waals surface area contributed by atoms with Crippen LogP contribution in [-0.2, 0) is 6.42 Å². The van der Waals surface area contributed by atoms with Crippen LogP contribution in [0.15, 0.2) is 42.5 Å². The molecule has 2 aromatic rings. The van der Waals surface area contributed by atoms with Crippen molar-refractivity contribution >= 4 is 11.6 Å². The van der Waals surface area contributed by atoms with Crippen molar-refractivity contribution in [1.82, 2.24) is 5.32 Å². The molecule has 20 heavy (non-hydrogen) atoms. The number of hydrogen-bond acceptors (Lipinski definition) is 2. The third-order valence-electron chi connectivity index (χ3n) is 3.18. The molecule has 0 heterocycles. The topological polar surface area (TPSA) is 32.3 Å². The predicted molar refractivity (Wildman–Crippen MR) is 79.6 cm³/mol. The normalized spacial score (nSPS) is 12.3. The highest BCUT2D eigenvalue weighted by molar-refractivity contribution is 6.30. The molecule has 106 valence electrons. The number of rotatable bonds is 5. The lowest BCUT2D eigenvalue weighted by atomic mass is 9.98. The van der Waals surface area contributed by atoms with Crippen LogP contribution >= 0.6 is 11.6 Å². The largest absolute Gasteiger partial charge is 0.508 e. The number of phenolic OH excluding ortho intramolecular Hbond substituents is 1. The van der Waals surface area contributed by atoms with E-state index in [1.165, 1.54) is 0 Å². The molecule has 0 aromatic heterocycles. The molecule has 1 atom stereocenters. The van der Waals surface area contributed by atoms with E-state index in [1.807, 2.05) is 19.1 Å². The Morgan fingerprint density at radius 3 is 2.55 bits per heavy atom. The molecule has 0 spiro atoms. The Hall–Kier alpha value is -1.58. The monoisotopic (exact) mass is 293 g/mol. The smallest absolute Gasteiger partial charge is 0.146 e. The van der Waals surface area contributed by atoms with Gasteiger partial charge in [-0.15, -0.1) is 0 Å². The van der Waals surface area contributed by atoms with Crippen LogP contribution in [0.2, 0.25) is 5.02 Å². The lowest BCUT2D eigenvalue weighted by Gasteiger charge is -2.19. The molecule has 2 rings (SSSR count). The van der Waals surface area contributed by atoms with Crippen LogP contribution in [-0.4, -0.2) is 11.7 Å². The number of nitrogens with one attached hydrogen (secondary N) is 1. The van der Waals surface area contributed by atoms with Gasteiger partial charge in [-0.25, -0.2) is 4.39 Å². The highest BCUT2D eigenvalue weighted by Crippen LogP contribution is 2.26. The van der Waals surface area contributed by atoms with Crippen molar-refractivity contribution in [2.24, 2.45) is 0 Å². The zero-order chi connectivity index (χ0) is 14.5. The van der Waals surface area contributed by atoms with Gasteiger partial charge in [0.15, 0.2) is 0 Å². The number of benzene rings is 2. The summed E-state index contributed by atoms with van der Waals surface area (Å²) < 4.78 is 14.1. The van der Waals surface area contributed by atoms with E-state index in [-0.39, 0.29) is 22.6 Å². The molecular weight excluding hydrogens is 277 g/mol. The summed E-state index contributed by atoms with van der Waals surface area (Å²) in [6, 6.07) is 11.8. The van der Waals surface area contributed by atoms with Crippen molar-refractivity contribution in [1.29, 1.82) is 0 Å². The van der Waals surface area contributed by atoms with Gasteiger partial charge in [0.05, 0.1) is 5.02 Å². The van der Waals surface area contributed by atoms with Gasteiger partial charge in [-0.2, -0.15) is 0 Å². The predicted octanol–water partition coefficient (Wildman–Crippen LogP) is 4.08. The van der Waals surface area contributed by atoms with Crippen molar-refractivity contribution < 1.29 is 9.50 Å². The Bertz CT molecular complexity index is 571. The molecule has 0 amide bonds. The van der Waals surface area contributed by atoms with Crippen molar-refractivity contribution in [2.75, 3.05) is 6.54 Å². The first-order chi connectivity index (χ1) is 9.61. The Morgan fingerprint density at radius 2 is 1.90 bits per heavy atom. The lowest BCUT2D eigenvalue weighted by Crippen LogP contribution is -2.24. The van der Waals surface area contributed by atoms with Crippen molar-refractivity contribution in [2.45, 2.75) is 19.4 Å². The van der Waals surface area contributed by atoms with Gasteiger partial charge in [-0.05, 0) is 36.7 Å². The maximum absolute atomic E-state index is 14.1. The van der Waals surface area contributed by atoms with Crippen LogP contribution in [0.3, 0.4) is 0 Å². The second kappa shape index (κ2) is 6.73. The quantitative estimate of drug-likeness (QED) is 0.871. The molecule has 2 nitrogen and oxygen atoms in total. The molecule has 0 aliphatic carbocycles. The number of phenols is 1. The summed E-state index contributed by atoms with van der Waals surface area (Å²) in [7, 11) is 0. The minimum atomic E-state index is -0.376. The second-order valence-corrected chi connectivity index (χ2v) is 5.03. The first-order valence-electron chi connectivity index (χ1n) is 6.57. The van der Waals surface area contributed by atoms with Crippen molar-refractivity contribution in [3.05, 3.63) is 64.4 Å². The van der Waals surface area contributed by atoms with Gasteiger partial charge >= 0.3 is 0 Å². The van der Waals surface area contributed by atoms with Crippen LogP contribution in [0.4, 0.5) is 4.39 Å². The summed E-state index contributed by atoms with van der Waals surface area (Å²) in [4.78, 5) is 0. The van der Waals surface area contributed by atoms with Crippen LogP contribution in [0.1, 0.15) is 24.1 Å². The van der Waals surface area contributed by atoms with Gasteiger partial charge in [0.2, 0.25) is 0 Å². The van der Waals surface area contributed by atoms with E-state index < -0.39 is 0 Å². The van der Waals surface area contributed by atoms with E-state index >= 15 is 0 Å². The Morgan fingerprint density at radius 1 is 1.20 bits per heavy atom. The highest BCUT2D eigenvalue weighted by atomic mass is 35.5. The fraction of sp³-hybridized carbons (Fsp3) is 0.250. The van der Waals surface area contributed by atoms with Gasteiger partial charge in [0.1, 0.15) is 11.6 Å². The molecule has 2 N–H and O–H groups in total. The third-order valence-corrected chi connectivity index (χ3v) is 3.48. The number of halogens is 2. The van der Waals surface area contributed by atoms with Crippen LogP contribution < -0.4 is 5.32 Å². The average molecular weight is 294 g/mol. The van der Waals surface area contributed by atoms with E-state index in [4.69, 9.17) is 11.6 Å². The summed E-state index contributed by atoms with van der Waals surface area (Å²) in [5, 5.41) is 12.7. The average Bonchev–Trinajstić information content (AvgIpc) is 2.44. The third kappa shape index (κ3) is 3.50. The minimum absolute atomic E-state index is 0.135. The first kappa shape index (κ1) is 14.8. The molecular formula is C16H17ClFNO. The van der Waals surface area contributed by atoms with Gasteiger partial charge in [0, 0.05) is 11.6 Å². The van der Waals surface area contributed by atoms with E-state index in [2.05, 4.69) is 5.32 Å². The van der Waals surface area contributed by atoms with Gasteiger partial charge < -0.3 is 10.4 Å². The van der Waals surface area contributed by atoms with Gasteiger partial charge in [-0.3, -0.25) is 0 Å². The van der Waals surface area contributed by atoms with Crippen LogP contribution in [0.25, 0.3) is 0 Å². The second-order valence-electron chi connectivity index (χ2n) is 4.62. The molecule has 0 bridgehead atoms. The van der Waals surface area contributed by atoms with Crippen LogP contribution in [0.5, 0.6) is 5.75 Å². The lowest BCUT2D eigenvalue weighted by molar-refractivity contribution is 0.474. The van der Waals surface area contributed by atoms with Crippen LogP contribution in [0, 0.1) is 5.82 Å². The summed E-state index contributed by atoms with van der Waals surface area (Å²) in [6.07, 6.45) is 0.630. The summed E-state index contributed by atoms with van der Waals surface area (Å²) in [5.41, 5.74) is 1.58. The molecule has 0 radical (unpaired) electrons. The van der Waals surface area contributed by atoms with Crippen molar-refractivity contribution in [3.63, 3.8) is 0 Å². The zero-order valence-corrected chi connectivity index (χ0v) is 12.0. The maximum Gasteiger partial charge on any atom is 0.146 e. The molecule has 0 aliphatic heterocycles. The Balaban J connectivity index is 2.26. The van der Waals surface area contributed by atoms with E-state index in [9.17, 15) is 9.50 Å². The number of aromatic hydroxyl groups is 1. The SMILES string of the molecule is CCNC(Cc1ccc(O)cc1)c1cccc(Cl)c1F. The highest BCUT2D eigenvalue weighted by Gasteiger charge is 2.17. The summed E-state index contributed by atoms with van der Waals surface area (Å²) in [5.74, 6) is -0.151. The Labute approximate surface area is 123 Å². The first-order valence-corrected chi connectivity index (χ1v) is 6.94. The fourth-order valence-corrected chi connectivity index (χ4v) is 2.38. The molecule has 0 saturated heterocycles. The molecule has 0 aliphatic rings. The van der Waals surface area contributed by atoms with E-state index in [0.717, 1.165) is 12.1 Å². The number of hydrogen-bond donors (Lipinski definition) is 2. The zero-order valence-electron chi connectivity index (χ0n) is 11.2. The molecule has 2 aromatic carbocycles. The van der Waals surface area contributed by atoms with Gasteiger partial charge in [0.25, 0.3) is 0 Å². The van der Waals surface area contributed by atoms with Crippen molar-refractivity contribution in [3.8, 4) is 5.75 Å². The maximum atomic E-state index is 14.1. The standard InChI is InChI=1S/C16H17ClFNO/c1-2-19-15(10-11-6-8-12(20)9-7-11)13-4-3-5-14(17)16(13)18/h3-9,15,19-20H,2,10H2,1H3. The van der Waals surface area contributed by atoms with Gasteiger partial charge in [-0.1, -0.05) is 42.8 Å². The summed E-state index contributed by atoms with van der Waals surface area (Å²) in [6.45, 7) is 2.71. The van der Waals surface area contributed by atoms with E-state index in [1.54, 1.807) is 30.3 Å². The minimum Gasteiger partial charge on any atom is -0.508 e. The summed E-state index contributed by atoms with van der Waals surface area (Å²) >= 11 is 5.85. The molecule has 0 saturated carbocycles. The Kier molecular flexibility index (Phi) is 4.99. The molecule has 1 unspecified atom stereocenters. The van der Waals surface area contributed by atoms with E-state index in [0.29, 0.717) is 12.0 Å². The molecule has 4 heteroatoms. The number of likely N-dealkylation sites (N-methyl/N-ethyl adjacent to an activating group) is 1. The fourth-order valence-electron chi connectivity index (χ4n) is 2.20. The molecule has 0 fully saturated rings.